The van der Waals surface area contributed by atoms with Gasteiger partial charge in [0.1, 0.15) is 9.79 Å². The van der Waals surface area contributed by atoms with E-state index in [0.717, 1.165) is 0 Å². The van der Waals surface area contributed by atoms with Crippen LogP contribution < -0.4 is 59.1 Å². The normalized spacial score (nSPS) is 11.1. The third kappa shape index (κ3) is 6.16. The molecule has 0 aromatic heterocycles. The van der Waals surface area contributed by atoms with Crippen molar-refractivity contribution in [2.24, 2.45) is 0 Å². The van der Waals surface area contributed by atoms with Crippen molar-refractivity contribution < 1.29 is 92.8 Å². The van der Waals surface area contributed by atoms with Crippen molar-refractivity contribution in [3.05, 3.63) is 28.3 Å². The number of rotatable bonds is 3. The van der Waals surface area contributed by atoms with Crippen LogP contribution in [0.2, 0.25) is 0 Å². The van der Waals surface area contributed by atoms with Crippen LogP contribution in [0, 0.1) is 10.1 Å². The van der Waals surface area contributed by atoms with Crippen LogP contribution in [0.4, 0.5) is 5.69 Å². The molecule has 19 heavy (non-hydrogen) atoms. The Morgan fingerprint density at radius 3 is 1.47 bits per heavy atom. The number of hydrogen-bond acceptors (Lipinski definition) is 6. The molecule has 98 valence electrons. The molecule has 0 heterocycles. The summed E-state index contributed by atoms with van der Waals surface area (Å²) < 4.78 is 60.3. The van der Waals surface area contributed by atoms with E-state index >= 15 is 0 Å². The monoisotopic (exact) mass is 331 g/mol. The average molecular weight is 331 g/mol. The summed E-state index contributed by atoms with van der Waals surface area (Å²) in [4.78, 5) is 7.34. The van der Waals surface area contributed by atoms with Crippen LogP contribution in [-0.2, 0) is 20.2 Å². The van der Waals surface area contributed by atoms with Gasteiger partial charge in [0.05, 0.1) is 4.92 Å². The van der Waals surface area contributed by atoms with Crippen LogP contribution in [0.15, 0.2) is 28.0 Å². The maximum atomic E-state index is 10.7. The molecule has 0 radical (unpaired) electrons. The molecule has 2 N–H and O–H groups in total. The predicted octanol–water partition coefficient (Wildman–Crippen LogP) is -5.68. The van der Waals surface area contributed by atoms with Crippen LogP contribution in [0.1, 0.15) is 2.85 Å². The van der Waals surface area contributed by atoms with Crippen molar-refractivity contribution in [3.8, 4) is 0 Å². The quantitative estimate of drug-likeness (QED) is 0.241. The molecule has 0 unspecified atom stereocenters. The van der Waals surface area contributed by atoms with Gasteiger partial charge in [0.15, 0.2) is 0 Å². The van der Waals surface area contributed by atoms with Gasteiger partial charge in [-0.25, -0.2) is 0 Å². The second-order valence-corrected chi connectivity index (χ2v) is 5.71. The zero-order chi connectivity index (χ0) is 13.4. The van der Waals surface area contributed by atoms with Gasteiger partial charge in [-0.3, -0.25) is 19.2 Å². The van der Waals surface area contributed by atoms with Crippen LogP contribution in [0.5, 0.6) is 0 Å². The van der Waals surface area contributed by atoms with Crippen molar-refractivity contribution in [3.63, 3.8) is 0 Å². The summed E-state index contributed by atoms with van der Waals surface area (Å²) in [5, 5.41) is 10.4. The Labute approximate surface area is 155 Å². The van der Waals surface area contributed by atoms with E-state index in [-0.39, 0.29) is 62.0 Å². The first-order valence-electron chi connectivity index (χ1n) is 3.76. The van der Waals surface area contributed by atoms with Gasteiger partial charge in [0.25, 0.3) is 25.9 Å². The first-order valence-corrected chi connectivity index (χ1v) is 6.64. The molecule has 0 aliphatic carbocycles. The SMILES string of the molecule is O=[N+]([O-])c1cc(S(=O)(=O)O)cc(S(=O)(=O)O)c1.[H-].[H-].[Na+].[Na+]. The van der Waals surface area contributed by atoms with E-state index in [0.29, 0.717) is 18.2 Å². The fourth-order valence-corrected chi connectivity index (χ4v) is 2.13. The van der Waals surface area contributed by atoms with Gasteiger partial charge in [-0.1, -0.05) is 0 Å². The second-order valence-electron chi connectivity index (χ2n) is 2.87. The summed E-state index contributed by atoms with van der Waals surface area (Å²) in [6, 6.07) is 1.33. The Morgan fingerprint density at radius 1 is 0.947 bits per heavy atom. The molecule has 13 heteroatoms. The molecule has 0 saturated carbocycles. The van der Waals surface area contributed by atoms with E-state index in [9.17, 15) is 26.9 Å². The van der Waals surface area contributed by atoms with Crippen molar-refractivity contribution >= 4 is 25.9 Å². The zero-order valence-electron chi connectivity index (χ0n) is 11.8. The Kier molecular flexibility index (Phi) is 8.52. The van der Waals surface area contributed by atoms with E-state index < -0.39 is 40.6 Å². The number of nitro groups is 1. The van der Waals surface area contributed by atoms with Crippen molar-refractivity contribution in [1.29, 1.82) is 0 Å². The summed E-state index contributed by atoms with van der Waals surface area (Å²) in [5.74, 6) is 0. The van der Waals surface area contributed by atoms with Crippen LogP contribution in [-0.4, -0.2) is 30.9 Å². The van der Waals surface area contributed by atoms with Gasteiger partial charge in [0.2, 0.25) is 0 Å². The van der Waals surface area contributed by atoms with E-state index in [1.54, 1.807) is 0 Å². The third-order valence-electron chi connectivity index (χ3n) is 1.67. The first kappa shape index (κ1) is 21.7. The number of hydrogen-bond donors (Lipinski definition) is 2. The minimum atomic E-state index is -4.82. The summed E-state index contributed by atoms with van der Waals surface area (Å²) >= 11 is 0. The van der Waals surface area contributed by atoms with Gasteiger partial charge in [-0.15, -0.1) is 0 Å². The molecule has 0 aliphatic heterocycles. The summed E-state index contributed by atoms with van der Waals surface area (Å²) in [7, 11) is -9.64. The van der Waals surface area contributed by atoms with Gasteiger partial charge in [0, 0.05) is 12.1 Å². The maximum Gasteiger partial charge on any atom is 1.00 e. The zero-order valence-corrected chi connectivity index (χ0v) is 15.5. The Morgan fingerprint density at radius 2 is 1.26 bits per heavy atom. The van der Waals surface area contributed by atoms with Gasteiger partial charge >= 0.3 is 59.1 Å². The second kappa shape index (κ2) is 7.45. The summed E-state index contributed by atoms with van der Waals surface area (Å²) in [6.45, 7) is 0. The first-order chi connectivity index (χ1) is 7.51. The smallest absolute Gasteiger partial charge is 1.00 e. The molecule has 0 atom stereocenters. The van der Waals surface area contributed by atoms with Gasteiger partial charge in [-0.05, 0) is 6.07 Å². The average Bonchev–Trinajstić information content (AvgIpc) is 2.14. The molecule has 1 aromatic carbocycles. The third-order valence-corrected chi connectivity index (χ3v) is 3.33. The molecule has 0 saturated heterocycles. The number of nitrogens with zero attached hydrogens (tertiary/aromatic N) is 1. The Hall–Kier alpha value is 0.440. The van der Waals surface area contributed by atoms with Crippen molar-refractivity contribution in [2.75, 3.05) is 0 Å². The van der Waals surface area contributed by atoms with E-state index in [1.165, 1.54) is 0 Å². The van der Waals surface area contributed by atoms with E-state index in [2.05, 4.69) is 0 Å². The molecule has 0 spiro atoms. The fourth-order valence-electron chi connectivity index (χ4n) is 0.960. The van der Waals surface area contributed by atoms with Crippen LogP contribution in [0.25, 0.3) is 0 Å². The molecule has 1 rings (SSSR count). The number of nitro benzene ring substituents is 1. The molecule has 0 amide bonds. The largest absolute Gasteiger partial charge is 1.00 e. The number of benzene rings is 1. The van der Waals surface area contributed by atoms with E-state index in [1.807, 2.05) is 0 Å². The van der Waals surface area contributed by atoms with Crippen LogP contribution in [0.3, 0.4) is 0 Å². The molecular weight excluding hydrogens is 324 g/mol. The van der Waals surface area contributed by atoms with Gasteiger partial charge in [-0.2, -0.15) is 16.8 Å². The minimum absolute atomic E-state index is 0. The van der Waals surface area contributed by atoms with Crippen molar-refractivity contribution in [2.45, 2.75) is 9.79 Å². The topological polar surface area (TPSA) is 152 Å². The fraction of sp³-hybridized carbons (Fsp3) is 0. The van der Waals surface area contributed by atoms with E-state index in [4.69, 9.17) is 9.11 Å². The number of non-ortho nitro benzene ring substituents is 1. The summed E-state index contributed by atoms with van der Waals surface area (Å²) in [6.07, 6.45) is 0. The maximum absolute atomic E-state index is 10.7. The minimum Gasteiger partial charge on any atom is -1.00 e. The predicted molar refractivity (Wildman–Crippen MR) is 54.9 cm³/mol. The molecule has 0 bridgehead atoms. The molecule has 0 aliphatic rings. The van der Waals surface area contributed by atoms with Gasteiger partial charge < -0.3 is 2.85 Å². The molecule has 9 nitrogen and oxygen atoms in total. The Balaban J connectivity index is -0.000000361. The molecule has 1 aromatic rings. The van der Waals surface area contributed by atoms with Crippen LogP contribution >= 0.6 is 0 Å². The molecular formula is C6H7NNa2O8S2. The summed E-state index contributed by atoms with van der Waals surface area (Å²) in [5.41, 5.74) is -0.896. The molecule has 0 fully saturated rings. The van der Waals surface area contributed by atoms with Crippen molar-refractivity contribution in [1.82, 2.24) is 0 Å². The standard InChI is InChI=1S/C6H5NO8S2.2Na.2H/c8-7(9)4-1-5(16(10,11)12)3-6(2-4)17(13,14)15;;;;/h1-3H,(H,10,11,12)(H,13,14,15);;;;/q;2*+1;2*-1. The Bertz CT molecular complexity index is 642.